The molecule has 1 rings (SSSR count). The van der Waals surface area contributed by atoms with Crippen LogP contribution in [0.1, 0.15) is 68.6 Å². The van der Waals surface area contributed by atoms with Crippen LogP contribution in [0, 0.1) is 0 Å². The van der Waals surface area contributed by atoms with Gasteiger partial charge in [-0.05, 0) is 18.6 Å². The standard InChI is InChI=1S/C18H28N2O2/c1-2-3-4-5-6-7-8-12-18(22)20-16-11-9-10-15(13-16)17(21)14-19/h9-11,13H,2-8,12,14,19H2,1H3,(H,20,22). The third kappa shape index (κ3) is 7.36. The molecule has 22 heavy (non-hydrogen) atoms. The topological polar surface area (TPSA) is 72.2 Å². The van der Waals surface area contributed by atoms with Crippen molar-refractivity contribution in [1.29, 1.82) is 0 Å². The van der Waals surface area contributed by atoms with Crippen LogP contribution in [-0.2, 0) is 4.79 Å². The smallest absolute Gasteiger partial charge is 0.224 e. The quantitative estimate of drug-likeness (QED) is 0.481. The van der Waals surface area contributed by atoms with Crippen LogP contribution in [0.25, 0.3) is 0 Å². The second-order valence-electron chi connectivity index (χ2n) is 5.63. The fourth-order valence-corrected chi connectivity index (χ4v) is 2.35. The van der Waals surface area contributed by atoms with Crippen LogP contribution in [0.5, 0.6) is 0 Å². The van der Waals surface area contributed by atoms with Gasteiger partial charge in [-0.25, -0.2) is 0 Å². The summed E-state index contributed by atoms with van der Waals surface area (Å²) >= 11 is 0. The molecule has 0 radical (unpaired) electrons. The number of benzene rings is 1. The molecule has 0 heterocycles. The summed E-state index contributed by atoms with van der Waals surface area (Å²) in [6.07, 6.45) is 8.87. The Morgan fingerprint density at radius 1 is 1.05 bits per heavy atom. The summed E-state index contributed by atoms with van der Waals surface area (Å²) < 4.78 is 0. The normalized spacial score (nSPS) is 10.5. The van der Waals surface area contributed by atoms with E-state index in [2.05, 4.69) is 12.2 Å². The summed E-state index contributed by atoms with van der Waals surface area (Å²) in [5.74, 6) is -0.117. The Labute approximate surface area is 133 Å². The fraction of sp³-hybridized carbons (Fsp3) is 0.556. The molecule has 4 heteroatoms. The molecule has 1 aromatic rings. The minimum absolute atomic E-state index is 0.00547. The minimum atomic E-state index is -0.122. The van der Waals surface area contributed by atoms with Crippen molar-refractivity contribution in [1.82, 2.24) is 0 Å². The molecule has 0 saturated heterocycles. The third-order valence-electron chi connectivity index (χ3n) is 3.66. The van der Waals surface area contributed by atoms with Gasteiger partial charge in [-0.15, -0.1) is 0 Å². The van der Waals surface area contributed by atoms with Crippen molar-refractivity contribution in [2.45, 2.75) is 58.3 Å². The molecule has 0 saturated carbocycles. The summed E-state index contributed by atoms with van der Waals surface area (Å²) in [6.45, 7) is 2.19. The van der Waals surface area contributed by atoms with Gasteiger partial charge in [0.1, 0.15) is 0 Å². The van der Waals surface area contributed by atoms with Gasteiger partial charge in [0.2, 0.25) is 5.91 Å². The van der Waals surface area contributed by atoms with Crippen LogP contribution in [-0.4, -0.2) is 18.2 Å². The van der Waals surface area contributed by atoms with Crippen molar-refractivity contribution >= 4 is 17.4 Å². The highest BCUT2D eigenvalue weighted by Crippen LogP contribution is 2.13. The minimum Gasteiger partial charge on any atom is -0.326 e. The zero-order valence-electron chi connectivity index (χ0n) is 13.6. The van der Waals surface area contributed by atoms with Gasteiger partial charge in [0.25, 0.3) is 0 Å². The van der Waals surface area contributed by atoms with E-state index in [9.17, 15) is 9.59 Å². The first kappa shape index (κ1) is 18.4. The second kappa shape index (κ2) is 11.0. The Hall–Kier alpha value is -1.68. The molecule has 0 bridgehead atoms. The lowest BCUT2D eigenvalue weighted by Gasteiger charge is -2.07. The predicted octanol–water partition coefficient (Wildman–Crippen LogP) is 3.91. The Kier molecular flexibility index (Phi) is 9.15. The lowest BCUT2D eigenvalue weighted by atomic mass is 10.1. The highest BCUT2D eigenvalue weighted by molar-refractivity contribution is 5.99. The first-order valence-corrected chi connectivity index (χ1v) is 8.30. The molecule has 0 aromatic heterocycles. The van der Waals surface area contributed by atoms with Gasteiger partial charge in [0, 0.05) is 17.7 Å². The number of Topliss-reactive ketones (excluding diaryl/α,β-unsaturated/α-hetero) is 1. The van der Waals surface area contributed by atoms with E-state index >= 15 is 0 Å². The van der Waals surface area contributed by atoms with Gasteiger partial charge in [-0.2, -0.15) is 0 Å². The molecule has 122 valence electrons. The lowest BCUT2D eigenvalue weighted by Crippen LogP contribution is -2.15. The molecule has 0 atom stereocenters. The van der Waals surface area contributed by atoms with E-state index in [1.165, 1.54) is 32.1 Å². The van der Waals surface area contributed by atoms with Crippen molar-refractivity contribution < 1.29 is 9.59 Å². The van der Waals surface area contributed by atoms with Crippen molar-refractivity contribution in [3.8, 4) is 0 Å². The third-order valence-corrected chi connectivity index (χ3v) is 3.66. The Morgan fingerprint density at radius 3 is 2.41 bits per heavy atom. The fourth-order valence-electron chi connectivity index (χ4n) is 2.35. The Balaban J connectivity index is 2.26. The number of nitrogens with one attached hydrogen (secondary N) is 1. The van der Waals surface area contributed by atoms with Crippen molar-refractivity contribution in [3.63, 3.8) is 0 Å². The highest BCUT2D eigenvalue weighted by Gasteiger charge is 2.06. The van der Waals surface area contributed by atoms with E-state index in [1.807, 2.05) is 0 Å². The maximum Gasteiger partial charge on any atom is 0.224 e. The number of rotatable bonds is 11. The van der Waals surface area contributed by atoms with Crippen molar-refractivity contribution in [3.05, 3.63) is 29.8 Å². The molecule has 0 fully saturated rings. The molecule has 0 aliphatic heterocycles. The molecule has 1 amide bonds. The van der Waals surface area contributed by atoms with Crippen LogP contribution < -0.4 is 11.1 Å². The van der Waals surface area contributed by atoms with Gasteiger partial charge in [0.15, 0.2) is 5.78 Å². The average Bonchev–Trinajstić information content (AvgIpc) is 2.53. The number of ketones is 1. The maximum absolute atomic E-state index is 11.9. The van der Waals surface area contributed by atoms with E-state index in [0.29, 0.717) is 17.7 Å². The largest absolute Gasteiger partial charge is 0.326 e. The van der Waals surface area contributed by atoms with Crippen LogP contribution in [0.2, 0.25) is 0 Å². The van der Waals surface area contributed by atoms with Gasteiger partial charge in [-0.3, -0.25) is 9.59 Å². The van der Waals surface area contributed by atoms with E-state index in [-0.39, 0.29) is 18.2 Å². The summed E-state index contributed by atoms with van der Waals surface area (Å²) in [5, 5.41) is 2.84. The molecule has 4 nitrogen and oxygen atoms in total. The Morgan fingerprint density at radius 2 is 1.73 bits per heavy atom. The highest BCUT2D eigenvalue weighted by atomic mass is 16.1. The average molecular weight is 304 g/mol. The predicted molar refractivity (Wildman–Crippen MR) is 91.1 cm³/mol. The number of hydrogen-bond acceptors (Lipinski definition) is 3. The second-order valence-corrected chi connectivity index (χ2v) is 5.63. The van der Waals surface area contributed by atoms with Gasteiger partial charge in [-0.1, -0.05) is 57.6 Å². The molecule has 0 spiro atoms. The van der Waals surface area contributed by atoms with E-state index < -0.39 is 0 Å². The number of carbonyl (C=O) groups is 2. The molecule has 0 aliphatic rings. The SMILES string of the molecule is CCCCCCCCCC(=O)Nc1cccc(C(=O)CN)c1. The molecule has 1 aromatic carbocycles. The first-order valence-electron chi connectivity index (χ1n) is 8.30. The number of anilines is 1. The van der Waals surface area contributed by atoms with Gasteiger partial charge in [0.05, 0.1) is 6.54 Å². The van der Waals surface area contributed by atoms with Crippen LogP contribution in [0.3, 0.4) is 0 Å². The number of unbranched alkanes of at least 4 members (excludes halogenated alkanes) is 6. The number of nitrogens with two attached hydrogens (primary N) is 1. The number of hydrogen-bond donors (Lipinski definition) is 2. The monoisotopic (exact) mass is 304 g/mol. The maximum atomic E-state index is 11.9. The van der Waals surface area contributed by atoms with Crippen LogP contribution in [0.4, 0.5) is 5.69 Å². The summed E-state index contributed by atoms with van der Waals surface area (Å²) in [4.78, 5) is 23.4. The van der Waals surface area contributed by atoms with Crippen LogP contribution in [0.15, 0.2) is 24.3 Å². The Bertz CT molecular complexity index is 472. The molecule has 0 unspecified atom stereocenters. The van der Waals surface area contributed by atoms with Gasteiger partial charge < -0.3 is 11.1 Å². The van der Waals surface area contributed by atoms with Crippen molar-refractivity contribution in [2.75, 3.05) is 11.9 Å². The van der Waals surface area contributed by atoms with E-state index in [4.69, 9.17) is 5.73 Å². The number of carbonyl (C=O) groups excluding carboxylic acids is 2. The van der Waals surface area contributed by atoms with Crippen LogP contribution >= 0.6 is 0 Å². The van der Waals surface area contributed by atoms with E-state index in [1.54, 1.807) is 24.3 Å². The summed E-state index contributed by atoms with van der Waals surface area (Å²) in [6, 6.07) is 6.93. The zero-order valence-corrected chi connectivity index (χ0v) is 13.6. The molecule has 0 aliphatic carbocycles. The van der Waals surface area contributed by atoms with Gasteiger partial charge >= 0.3 is 0 Å². The number of amides is 1. The summed E-state index contributed by atoms with van der Waals surface area (Å²) in [5.41, 5.74) is 6.54. The molecular weight excluding hydrogens is 276 g/mol. The summed E-state index contributed by atoms with van der Waals surface area (Å²) in [7, 11) is 0. The zero-order chi connectivity index (χ0) is 16.2. The molecule has 3 N–H and O–H groups in total. The molecular formula is C18H28N2O2. The van der Waals surface area contributed by atoms with Crippen molar-refractivity contribution in [2.24, 2.45) is 5.73 Å². The first-order chi connectivity index (χ1) is 10.7. The van der Waals surface area contributed by atoms with E-state index in [0.717, 1.165) is 12.8 Å². The lowest BCUT2D eigenvalue weighted by molar-refractivity contribution is -0.116.